The first-order chi connectivity index (χ1) is 7.31. The number of esters is 1. The third kappa shape index (κ3) is 5.29. The molecule has 16 heavy (non-hydrogen) atoms. The van der Waals surface area contributed by atoms with Crippen LogP contribution in [0.1, 0.15) is 13.8 Å². The van der Waals surface area contributed by atoms with Crippen LogP contribution in [0.2, 0.25) is 0 Å². The van der Waals surface area contributed by atoms with Crippen LogP contribution in [0.15, 0.2) is 0 Å². The average molecular weight is 246 g/mol. The van der Waals surface area contributed by atoms with Crippen LogP contribution < -0.4 is 0 Å². The SMILES string of the molecule is CCOC(=O)C(C)COCC(F)(F)C(F)F. The first kappa shape index (κ1) is 15.2. The number of alkyl halides is 4. The van der Waals surface area contributed by atoms with Gasteiger partial charge in [-0.1, -0.05) is 0 Å². The van der Waals surface area contributed by atoms with Crippen molar-refractivity contribution >= 4 is 5.97 Å². The molecule has 96 valence electrons. The minimum Gasteiger partial charge on any atom is -0.466 e. The van der Waals surface area contributed by atoms with Gasteiger partial charge < -0.3 is 9.47 Å². The Kier molecular flexibility index (Phi) is 6.32. The predicted molar refractivity (Wildman–Crippen MR) is 47.6 cm³/mol. The van der Waals surface area contributed by atoms with Gasteiger partial charge in [0.25, 0.3) is 0 Å². The molecule has 1 atom stereocenters. The van der Waals surface area contributed by atoms with Gasteiger partial charge in [0, 0.05) is 0 Å². The van der Waals surface area contributed by atoms with Crippen molar-refractivity contribution < 1.29 is 31.8 Å². The highest BCUT2D eigenvalue weighted by atomic mass is 19.3. The zero-order valence-corrected chi connectivity index (χ0v) is 9.01. The van der Waals surface area contributed by atoms with E-state index in [2.05, 4.69) is 9.47 Å². The summed E-state index contributed by atoms with van der Waals surface area (Å²) in [6, 6.07) is 0. The largest absolute Gasteiger partial charge is 0.466 e. The van der Waals surface area contributed by atoms with E-state index in [1.54, 1.807) is 6.92 Å². The van der Waals surface area contributed by atoms with Crippen LogP contribution in [0.25, 0.3) is 0 Å². The summed E-state index contributed by atoms with van der Waals surface area (Å²) in [6.45, 7) is 1.38. The molecule has 0 aromatic carbocycles. The van der Waals surface area contributed by atoms with Crippen LogP contribution in [0, 0.1) is 5.92 Å². The molecule has 0 fully saturated rings. The highest BCUT2D eigenvalue weighted by Crippen LogP contribution is 2.23. The van der Waals surface area contributed by atoms with Crippen molar-refractivity contribution in [1.29, 1.82) is 0 Å². The lowest BCUT2D eigenvalue weighted by atomic mass is 10.2. The molecule has 3 nitrogen and oxygen atoms in total. The fourth-order valence-corrected chi connectivity index (χ4v) is 0.787. The Morgan fingerprint density at radius 3 is 2.38 bits per heavy atom. The van der Waals surface area contributed by atoms with E-state index in [1.165, 1.54) is 6.92 Å². The highest BCUT2D eigenvalue weighted by molar-refractivity contribution is 5.72. The molecule has 0 aliphatic carbocycles. The molecule has 0 bridgehead atoms. The lowest BCUT2D eigenvalue weighted by Crippen LogP contribution is -2.33. The molecule has 1 unspecified atom stereocenters. The van der Waals surface area contributed by atoms with E-state index in [0.717, 1.165) is 0 Å². The Morgan fingerprint density at radius 1 is 1.38 bits per heavy atom. The molecular formula is C9H14F4O3. The van der Waals surface area contributed by atoms with Crippen molar-refractivity contribution in [2.24, 2.45) is 5.92 Å². The van der Waals surface area contributed by atoms with E-state index in [9.17, 15) is 22.4 Å². The maximum Gasteiger partial charge on any atom is 0.330 e. The highest BCUT2D eigenvalue weighted by Gasteiger charge is 2.41. The van der Waals surface area contributed by atoms with Gasteiger partial charge in [0.2, 0.25) is 0 Å². The number of carbonyl (C=O) groups excluding carboxylic acids is 1. The summed E-state index contributed by atoms with van der Waals surface area (Å²) in [5, 5.41) is 0. The summed E-state index contributed by atoms with van der Waals surface area (Å²) in [4.78, 5) is 11.0. The number of carbonyl (C=O) groups is 1. The minimum atomic E-state index is -4.19. The van der Waals surface area contributed by atoms with Gasteiger partial charge in [-0.3, -0.25) is 4.79 Å². The normalized spacial score (nSPS) is 13.9. The van der Waals surface area contributed by atoms with Crippen molar-refractivity contribution in [2.75, 3.05) is 19.8 Å². The van der Waals surface area contributed by atoms with E-state index in [-0.39, 0.29) is 13.2 Å². The van der Waals surface area contributed by atoms with E-state index in [4.69, 9.17) is 0 Å². The summed E-state index contributed by atoms with van der Waals surface area (Å²) in [6.07, 6.45) is -3.77. The van der Waals surface area contributed by atoms with E-state index in [0.29, 0.717) is 0 Å². The van der Waals surface area contributed by atoms with Crippen LogP contribution in [0.5, 0.6) is 0 Å². The molecule has 0 N–H and O–H groups in total. The van der Waals surface area contributed by atoms with E-state index >= 15 is 0 Å². The van der Waals surface area contributed by atoms with Gasteiger partial charge in [0.15, 0.2) is 0 Å². The van der Waals surface area contributed by atoms with Crippen LogP contribution in [0.3, 0.4) is 0 Å². The average Bonchev–Trinajstić information content (AvgIpc) is 2.17. The summed E-state index contributed by atoms with van der Waals surface area (Å²) in [7, 11) is 0. The number of hydrogen-bond acceptors (Lipinski definition) is 3. The van der Waals surface area contributed by atoms with Crippen molar-refractivity contribution in [2.45, 2.75) is 26.2 Å². The second-order valence-electron chi connectivity index (χ2n) is 3.23. The van der Waals surface area contributed by atoms with Gasteiger partial charge >= 0.3 is 18.3 Å². The Balaban J connectivity index is 3.86. The first-order valence-corrected chi connectivity index (χ1v) is 4.71. The lowest BCUT2D eigenvalue weighted by Gasteiger charge is -2.16. The Labute approximate surface area is 90.7 Å². The maximum atomic E-state index is 12.4. The van der Waals surface area contributed by atoms with Gasteiger partial charge in [-0.2, -0.15) is 8.78 Å². The molecule has 0 saturated carbocycles. The summed E-state index contributed by atoms with van der Waals surface area (Å²) in [5.41, 5.74) is 0. The van der Waals surface area contributed by atoms with Gasteiger partial charge in [-0.15, -0.1) is 0 Å². The van der Waals surface area contributed by atoms with Crippen LogP contribution in [-0.4, -0.2) is 38.1 Å². The maximum absolute atomic E-state index is 12.4. The third-order valence-electron chi connectivity index (χ3n) is 1.67. The van der Waals surface area contributed by atoms with Crippen molar-refractivity contribution in [3.8, 4) is 0 Å². The standard InChI is InChI=1S/C9H14F4O3/c1-3-16-7(14)6(2)4-15-5-9(12,13)8(10)11/h6,8H,3-5H2,1-2H3. The fraction of sp³-hybridized carbons (Fsp3) is 0.889. The minimum absolute atomic E-state index is 0.163. The molecule has 0 saturated heterocycles. The van der Waals surface area contributed by atoms with Gasteiger partial charge in [-0.05, 0) is 13.8 Å². The summed E-state index contributed by atoms with van der Waals surface area (Å²) >= 11 is 0. The smallest absolute Gasteiger partial charge is 0.330 e. The van der Waals surface area contributed by atoms with Gasteiger partial charge in [-0.25, -0.2) is 8.78 Å². The van der Waals surface area contributed by atoms with Crippen molar-refractivity contribution in [3.63, 3.8) is 0 Å². The van der Waals surface area contributed by atoms with E-state index in [1.807, 2.05) is 0 Å². The Morgan fingerprint density at radius 2 is 1.94 bits per heavy atom. The third-order valence-corrected chi connectivity index (χ3v) is 1.67. The van der Waals surface area contributed by atoms with E-state index < -0.39 is 30.8 Å². The first-order valence-electron chi connectivity index (χ1n) is 4.71. The summed E-state index contributed by atoms with van der Waals surface area (Å²) in [5.74, 6) is -5.55. The number of hydrogen-bond donors (Lipinski definition) is 0. The Hall–Kier alpha value is -0.850. The molecule has 7 heteroatoms. The quantitative estimate of drug-likeness (QED) is 0.509. The molecule has 0 aliphatic rings. The zero-order valence-electron chi connectivity index (χ0n) is 9.01. The molecule has 0 aromatic rings. The topological polar surface area (TPSA) is 35.5 Å². The molecule has 0 aromatic heterocycles. The number of ether oxygens (including phenoxy) is 2. The lowest BCUT2D eigenvalue weighted by molar-refractivity contribution is -0.172. The fourth-order valence-electron chi connectivity index (χ4n) is 0.787. The molecule has 0 amide bonds. The molecule has 0 spiro atoms. The summed E-state index contributed by atoms with van der Waals surface area (Å²) < 4.78 is 57.0. The molecular weight excluding hydrogens is 232 g/mol. The van der Waals surface area contributed by atoms with Gasteiger partial charge in [0.05, 0.1) is 19.1 Å². The molecule has 0 aliphatic heterocycles. The predicted octanol–water partition coefficient (Wildman–Crippen LogP) is 2.10. The zero-order chi connectivity index (χ0) is 12.8. The van der Waals surface area contributed by atoms with Crippen molar-refractivity contribution in [1.82, 2.24) is 0 Å². The monoisotopic (exact) mass is 246 g/mol. The van der Waals surface area contributed by atoms with Crippen molar-refractivity contribution in [3.05, 3.63) is 0 Å². The van der Waals surface area contributed by atoms with Crippen LogP contribution >= 0.6 is 0 Å². The van der Waals surface area contributed by atoms with Crippen LogP contribution in [0.4, 0.5) is 17.6 Å². The second kappa shape index (κ2) is 6.67. The molecule has 0 radical (unpaired) electrons. The van der Waals surface area contributed by atoms with Gasteiger partial charge in [0.1, 0.15) is 6.61 Å². The van der Waals surface area contributed by atoms with Crippen LogP contribution in [-0.2, 0) is 14.3 Å². The molecule has 0 heterocycles. The Bertz CT molecular complexity index is 221. The second-order valence-corrected chi connectivity index (χ2v) is 3.23. The molecule has 0 rings (SSSR count). The number of rotatable bonds is 7. The number of halogens is 4.